The zero-order valence-electron chi connectivity index (χ0n) is 22.3. The zero-order valence-corrected chi connectivity index (χ0v) is 23.1. The molecule has 0 unspecified atom stereocenters. The van der Waals surface area contributed by atoms with E-state index in [-0.39, 0.29) is 6.61 Å². The van der Waals surface area contributed by atoms with Gasteiger partial charge in [0.1, 0.15) is 18.1 Å². The molecule has 7 nitrogen and oxygen atoms in total. The minimum Gasteiger partial charge on any atom is -0.459 e. The van der Waals surface area contributed by atoms with Gasteiger partial charge in [0.2, 0.25) is 0 Å². The van der Waals surface area contributed by atoms with Crippen molar-refractivity contribution in [2.75, 3.05) is 6.61 Å². The van der Waals surface area contributed by atoms with E-state index in [9.17, 15) is 14.4 Å². The molecule has 1 aliphatic rings. The third-order valence-electron chi connectivity index (χ3n) is 6.43. The van der Waals surface area contributed by atoms with E-state index < -0.39 is 41.7 Å². The van der Waals surface area contributed by atoms with E-state index in [1.165, 1.54) is 11.8 Å². The molecule has 1 saturated heterocycles. The number of hydrogen-bond acceptors (Lipinski definition) is 8. The topological polar surface area (TPSA) is 88.1 Å². The molecule has 1 aliphatic heterocycles. The van der Waals surface area contributed by atoms with Crippen LogP contribution in [-0.4, -0.2) is 48.3 Å². The summed E-state index contributed by atoms with van der Waals surface area (Å²) in [5, 5.41) is 0. The van der Waals surface area contributed by atoms with E-state index in [2.05, 4.69) is 0 Å². The van der Waals surface area contributed by atoms with Gasteiger partial charge in [0.25, 0.3) is 0 Å². The van der Waals surface area contributed by atoms with Gasteiger partial charge < -0.3 is 18.9 Å². The maximum Gasteiger partial charge on any atom is 0.338 e. The highest BCUT2D eigenvalue weighted by Gasteiger charge is 2.51. The summed E-state index contributed by atoms with van der Waals surface area (Å²) in [7, 11) is 0. The van der Waals surface area contributed by atoms with Crippen LogP contribution in [0.2, 0.25) is 0 Å². The Bertz CT molecular complexity index is 1460. The second-order valence-electron chi connectivity index (χ2n) is 9.41. The Kier molecular flexibility index (Phi) is 9.13. The SMILES string of the molecule is Cc1ccc(S[C@@H]2O[C@H](COC(=O)c3ccccc3)[C@@H](OC(=O)c3ccccc3)[C@H]2OC(=O)c2ccccc2)cc1. The summed E-state index contributed by atoms with van der Waals surface area (Å²) in [5.74, 6) is -1.74. The first-order valence-electron chi connectivity index (χ1n) is 13.1. The van der Waals surface area contributed by atoms with Crippen LogP contribution in [0.1, 0.15) is 36.6 Å². The summed E-state index contributed by atoms with van der Waals surface area (Å²) < 4.78 is 23.8. The summed E-state index contributed by atoms with van der Waals surface area (Å²) in [5.41, 5.74) is 1.39. The lowest BCUT2D eigenvalue weighted by molar-refractivity contribution is -0.0435. The molecule has 4 aromatic rings. The van der Waals surface area contributed by atoms with Crippen molar-refractivity contribution in [1.82, 2.24) is 0 Å². The van der Waals surface area contributed by atoms with Crippen LogP contribution in [0.3, 0.4) is 0 Å². The van der Waals surface area contributed by atoms with Gasteiger partial charge in [0.15, 0.2) is 12.2 Å². The molecule has 1 heterocycles. The van der Waals surface area contributed by atoms with Crippen LogP contribution in [-0.2, 0) is 18.9 Å². The highest BCUT2D eigenvalue weighted by molar-refractivity contribution is 7.99. The fraction of sp³-hybridized carbons (Fsp3) is 0.182. The summed E-state index contributed by atoms with van der Waals surface area (Å²) in [6.45, 7) is 1.77. The van der Waals surface area contributed by atoms with Gasteiger partial charge in [-0.15, -0.1) is 0 Å². The monoisotopic (exact) mass is 568 g/mol. The number of carbonyl (C=O) groups is 3. The summed E-state index contributed by atoms with van der Waals surface area (Å²) in [6.07, 6.45) is -2.95. The fourth-order valence-corrected chi connectivity index (χ4v) is 5.39. The lowest BCUT2D eigenvalue weighted by atomic mass is 10.1. The van der Waals surface area contributed by atoms with Gasteiger partial charge in [-0.05, 0) is 55.5 Å². The number of hydrogen-bond donors (Lipinski definition) is 0. The van der Waals surface area contributed by atoms with E-state index in [0.29, 0.717) is 16.7 Å². The number of ether oxygens (including phenoxy) is 4. The fourth-order valence-electron chi connectivity index (χ4n) is 4.29. The molecule has 0 aliphatic carbocycles. The van der Waals surface area contributed by atoms with Crippen LogP contribution in [0.5, 0.6) is 0 Å². The molecular formula is C33H28O7S. The van der Waals surface area contributed by atoms with Gasteiger partial charge in [-0.25, -0.2) is 14.4 Å². The van der Waals surface area contributed by atoms with Crippen molar-refractivity contribution >= 4 is 29.7 Å². The standard InChI is InChI=1S/C33H28O7S/c1-22-17-19-26(20-18-22)41-33-29(40-32(36)25-15-9-4-10-16-25)28(39-31(35)24-13-7-3-8-14-24)27(38-33)21-37-30(34)23-11-5-2-6-12-23/h2-20,27-29,33H,21H2,1H3/t27-,28-,29-,33+/m1/s1. The van der Waals surface area contributed by atoms with Crippen molar-refractivity contribution in [3.63, 3.8) is 0 Å². The predicted molar refractivity (Wildman–Crippen MR) is 154 cm³/mol. The maximum absolute atomic E-state index is 13.2. The molecule has 0 amide bonds. The highest BCUT2D eigenvalue weighted by Crippen LogP contribution is 2.38. The molecule has 0 aromatic heterocycles. The first-order valence-corrected chi connectivity index (χ1v) is 14.0. The first-order chi connectivity index (χ1) is 20.0. The minimum absolute atomic E-state index is 0.217. The largest absolute Gasteiger partial charge is 0.459 e. The van der Waals surface area contributed by atoms with Crippen molar-refractivity contribution in [2.24, 2.45) is 0 Å². The van der Waals surface area contributed by atoms with E-state index >= 15 is 0 Å². The van der Waals surface area contributed by atoms with E-state index in [1.54, 1.807) is 91.0 Å². The van der Waals surface area contributed by atoms with Gasteiger partial charge in [0.05, 0.1) is 16.7 Å². The molecule has 0 radical (unpaired) electrons. The molecule has 5 rings (SSSR count). The summed E-state index contributed by atoms with van der Waals surface area (Å²) >= 11 is 1.33. The first kappa shape index (κ1) is 28.1. The van der Waals surface area contributed by atoms with E-state index in [0.717, 1.165) is 10.5 Å². The number of thioether (sulfide) groups is 1. The second kappa shape index (κ2) is 13.3. The van der Waals surface area contributed by atoms with Gasteiger partial charge in [-0.1, -0.05) is 84.1 Å². The highest BCUT2D eigenvalue weighted by atomic mass is 32.2. The van der Waals surface area contributed by atoms with Crippen LogP contribution in [0, 0.1) is 6.92 Å². The molecular weight excluding hydrogens is 540 g/mol. The third kappa shape index (κ3) is 7.22. The smallest absolute Gasteiger partial charge is 0.338 e. The molecule has 0 N–H and O–H groups in total. The Hall–Kier alpha value is -4.40. The molecule has 4 aromatic carbocycles. The van der Waals surface area contributed by atoms with Crippen LogP contribution >= 0.6 is 11.8 Å². The number of carbonyl (C=O) groups excluding carboxylic acids is 3. The Morgan fingerprint density at radius 2 is 1.10 bits per heavy atom. The average Bonchev–Trinajstić information content (AvgIpc) is 3.33. The molecule has 1 fully saturated rings. The molecule has 4 atom stereocenters. The number of benzene rings is 4. The van der Waals surface area contributed by atoms with Crippen LogP contribution in [0.4, 0.5) is 0 Å². The number of aryl methyl sites for hydroxylation is 1. The minimum atomic E-state index is -1.05. The Morgan fingerprint density at radius 1 is 0.634 bits per heavy atom. The van der Waals surface area contributed by atoms with Crippen molar-refractivity contribution in [1.29, 1.82) is 0 Å². The van der Waals surface area contributed by atoms with Gasteiger partial charge in [0, 0.05) is 4.90 Å². The second-order valence-corrected chi connectivity index (χ2v) is 10.6. The van der Waals surface area contributed by atoms with Crippen LogP contribution in [0.25, 0.3) is 0 Å². The van der Waals surface area contributed by atoms with Crippen molar-refractivity contribution in [3.05, 3.63) is 138 Å². The Balaban J connectivity index is 1.43. The van der Waals surface area contributed by atoms with Crippen molar-refractivity contribution < 1.29 is 33.3 Å². The number of rotatable bonds is 9. The van der Waals surface area contributed by atoms with Gasteiger partial charge >= 0.3 is 17.9 Å². The molecule has 0 saturated carbocycles. The lowest BCUT2D eigenvalue weighted by Crippen LogP contribution is -2.41. The van der Waals surface area contributed by atoms with Gasteiger partial charge in [-0.3, -0.25) is 0 Å². The normalized spacial score (nSPS) is 19.7. The molecule has 41 heavy (non-hydrogen) atoms. The van der Waals surface area contributed by atoms with E-state index in [4.69, 9.17) is 18.9 Å². The summed E-state index contributed by atoms with van der Waals surface area (Å²) in [6, 6.07) is 33.4. The third-order valence-corrected chi connectivity index (χ3v) is 7.59. The average molecular weight is 569 g/mol. The van der Waals surface area contributed by atoms with Crippen LogP contribution < -0.4 is 0 Å². The van der Waals surface area contributed by atoms with Gasteiger partial charge in [-0.2, -0.15) is 0 Å². The lowest BCUT2D eigenvalue weighted by Gasteiger charge is -2.24. The quantitative estimate of drug-likeness (QED) is 0.176. The summed E-state index contributed by atoms with van der Waals surface area (Å²) in [4.78, 5) is 40.0. The Labute approximate surface area is 242 Å². The Morgan fingerprint density at radius 3 is 1.61 bits per heavy atom. The maximum atomic E-state index is 13.2. The molecule has 8 heteroatoms. The van der Waals surface area contributed by atoms with E-state index in [1.807, 2.05) is 31.2 Å². The zero-order chi connectivity index (χ0) is 28.6. The molecule has 208 valence electrons. The molecule has 0 spiro atoms. The van der Waals surface area contributed by atoms with Crippen molar-refractivity contribution in [3.8, 4) is 0 Å². The van der Waals surface area contributed by atoms with Crippen molar-refractivity contribution in [2.45, 2.75) is 35.6 Å². The predicted octanol–water partition coefficient (Wildman–Crippen LogP) is 6.12. The van der Waals surface area contributed by atoms with Crippen LogP contribution in [0.15, 0.2) is 120 Å². The number of esters is 3. The molecule has 0 bridgehead atoms.